The number of amides is 2. The lowest BCUT2D eigenvalue weighted by atomic mass is 10.1. The third kappa shape index (κ3) is 4.65. The summed E-state index contributed by atoms with van der Waals surface area (Å²) in [5, 5.41) is 0. The van der Waals surface area contributed by atoms with Gasteiger partial charge in [-0.1, -0.05) is 17.7 Å². The zero-order chi connectivity index (χ0) is 21.1. The molecule has 6 heteroatoms. The molecule has 0 spiro atoms. The Labute approximate surface area is 171 Å². The highest BCUT2D eigenvalue weighted by molar-refractivity contribution is 6.05. The van der Waals surface area contributed by atoms with Gasteiger partial charge in [0, 0.05) is 37.3 Å². The van der Waals surface area contributed by atoms with Gasteiger partial charge in [-0.25, -0.2) is 0 Å². The van der Waals surface area contributed by atoms with Gasteiger partial charge in [-0.3, -0.25) is 14.4 Å². The van der Waals surface area contributed by atoms with Crippen molar-refractivity contribution in [3.8, 4) is 5.75 Å². The summed E-state index contributed by atoms with van der Waals surface area (Å²) in [6, 6.07) is 14.2. The van der Waals surface area contributed by atoms with E-state index < -0.39 is 11.9 Å². The van der Waals surface area contributed by atoms with E-state index >= 15 is 0 Å². The van der Waals surface area contributed by atoms with Crippen LogP contribution in [0.3, 0.4) is 0 Å². The Bertz CT molecular complexity index is 903. The smallest absolute Gasteiger partial charge is 0.316 e. The van der Waals surface area contributed by atoms with Gasteiger partial charge >= 0.3 is 5.97 Å². The Morgan fingerprint density at radius 3 is 2.24 bits per heavy atom. The van der Waals surface area contributed by atoms with Crippen molar-refractivity contribution in [2.45, 2.75) is 33.2 Å². The minimum atomic E-state index is -0.449. The molecule has 2 aromatic rings. The average molecular weight is 394 g/mol. The van der Waals surface area contributed by atoms with E-state index in [1.165, 1.54) is 0 Å². The lowest BCUT2D eigenvalue weighted by Crippen LogP contribution is -2.33. The van der Waals surface area contributed by atoms with Crippen LogP contribution >= 0.6 is 0 Å². The number of benzene rings is 2. The van der Waals surface area contributed by atoms with Crippen LogP contribution in [-0.4, -0.2) is 42.3 Å². The van der Waals surface area contributed by atoms with Crippen LogP contribution in [0.5, 0.6) is 5.75 Å². The van der Waals surface area contributed by atoms with E-state index in [4.69, 9.17) is 4.74 Å². The fraction of sp³-hybridized carbons (Fsp3) is 0.348. The Kier molecular flexibility index (Phi) is 6.01. The lowest BCUT2D eigenvalue weighted by molar-refractivity contribution is -0.139. The van der Waals surface area contributed by atoms with Crippen molar-refractivity contribution in [2.24, 2.45) is 5.92 Å². The highest BCUT2D eigenvalue weighted by Gasteiger charge is 2.36. The summed E-state index contributed by atoms with van der Waals surface area (Å²) in [6.45, 7) is 6.22. The van der Waals surface area contributed by atoms with Crippen LogP contribution in [0.15, 0.2) is 48.5 Å². The first-order valence-corrected chi connectivity index (χ1v) is 9.72. The number of hydrogen-bond acceptors (Lipinski definition) is 4. The first kappa shape index (κ1) is 20.6. The molecule has 0 radical (unpaired) electrons. The van der Waals surface area contributed by atoms with Gasteiger partial charge in [-0.2, -0.15) is 0 Å². The van der Waals surface area contributed by atoms with Crippen LogP contribution in [-0.2, 0) is 9.59 Å². The van der Waals surface area contributed by atoms with Gasteiger partial charge in [0.2, 0.25) is 5.91 Å². The molecular weight excluding hydrogens is 368 g/mol. The second kappa shape index (κ2) is 8.47. The van der Waals surface area contributed by atoms with E-state index in [0.717, 1.165) is 5.56 Å². The zero-order valence-electron chi connectivity index (χ0n) is 17.2. The molecule has 1 atom stereocenters. The summed E-state index contributed by atoms with van der Waals surface area (Å²) in [6.07, 6.45) is 0.183. The van der Waals surface area contributed by atoms with Crippen molar-refractivity contribution < 1.29 is 19.1 Å². The van der Waals surface area contributed by atoms with Crippen LogP contribution < -0.4 is 9.64 Å². The number of hydrogen-bond donors (Lipinski definition) is 0. The standard InChI is InChI=1S/C23H26N2O4/c1-15(2)25-14-18(13-21(25)26)23(28)29-20-11-9-19(10-12-20)24(4)22(27)17-7-5-16(3)6-8-17/h5-12,15,18H,13-14H2,1-4H3. The van der Waals surface area contributed by atoms with Gasteiger partial charge in [-0.15, -0.1) is 0 Å². The molecule has 1 saturated heterocycles. The average Bonchev–Trinajstić information content (AvgIpc) is 3.10. The molecule has 1 aliphatic rings. The third-order valence-electron chi connectivity index (χ3n) is 5.16. The van der Waals surface area contributed by atoms with Crippen molar-refractivity contribution in [3.05, 3.63) is 59.7 Å². The Morgan fingerprint density at radius 2 is 1.69 bits per heavy atom. The quantitative estimate of drug-likeness (QED) is 0.576. The third-order valence-corrected chi connectivity index (χ3v) is 5.16. The van der Waals surface area contributed by atoms with Gasteiger partial charge in [0.15, 0.2) is 0 Å². The second-order valence-corrected chi connectivity index (χ2v) is 7.69. The van der Waals surface area contributed by atoms with E-state index in [2.05, 4.69) is 0 Å². The number of ether oxygens (including phenoxy) is 1. The molecule has 0 N–H and O–H groups in total. The highest BCUT2D eigenvalue weighted by Crippen LogP contribution is 2.24. The van der Waals surface area contributed by atoms with Crippen molar-refractivity contribution in [3.63, 3.8) is 0 Å². The molecule has 0 bridgehead atoms. The van der Waals surface area contributed by atoms with E-state index in [0.29, 0.717) is 23.5 Å². The molecule has 3 rings (SSSR count). The predicted octanol–water partition coefficient (Wildman–Crippen LogP) is 3.43. The van der Waals surface area contributed by atoms with E-state index in [1.54, 1.807) is 53.2 Å². The topological polar surface area (TPSA) is 66.9 Å². The molecule has 0 aliphatic carbocycles. The SMILES string of the molecule is Cc1ccc(C(=O)N(C)c2ccc(OC(=O)C3CC(=O)N(C(C)C)C3)cc2)cc1. The van der Waals surface area contributed by atoms with Gasteiger partial charge in [-0.05, 0) is 57.2 Å². The molecule has 6 nitrogen and oxygen atoms in total. The molecule has 29 heavy (non-hydrogen) atoms. The Hall–Kier alpha value is -3.15. The van der Waals surface area contributed by atoms with Crippen molar-refractivity contribution >= 4 is 23.5 Å². The molecule has 0 saturated carbocycles. The van der Waals surface area contributed by atoms with E-state index in [-0.39, 0.29) is 24.3 Å². The van der Waals surface area contributed by atoms with Crippen molar-refractivity contribution in [2.75, 3.05) is 18.5 Å². The number of carbonyl (C=O) groups excluding carboxylic acids is 3. The minimum Gasteiger partial charge on any atom is -0.426 e. The molecule has 1 heterocycles. The monoisotopic (exact) mass is 394 g/mol. The molecule has 2 aromatic carbocycles. The van der Waals surface area contributed by atoms with Crippen molar-refractivity contribution in [1.82, 2.24) is 4.90 Å². The fourth-order valence-corrected chi connectivity index (χ4v) is 3.33. The Balaban J connectivity index is 1.62. The van der Waals surface area contributed by atoms with Crippen LogP contribution in [0.25, 0.3) is 0 Å². The second-order valence-electron chi connectivity index (χ2n) is 7.69. The summed E-state index contributed by atoms with van der Waals surface area (Å²) < 4.78 is 5.45. The Morgan fingerprint density at radius 1 is 1.07 bits per heavy atom. The first-order valence-electron chi connectivity index (χ1n) is 9.72. The lowest BCUT2D eigenvalue weighted by Gasteiger charge is -2.20. The van der Waals surface area contributed by atoms with Crippen LogP contribution in [0.4, 0.5) is 5.69 Å². The van der Waals surface area contributed by atoms with Crippen molar-refractivity contribution in [1.29, 1.82) is 0 Å². The minimum absolute atomic E-state index is 0.0199. The van der Waals surface area contributed by atoms with Crippen LogP contribution in [0.1, 0.15) is 36.2 Å². The number of likely N-dealkylation sites (tertiary alicyclic amines) is 1. The van der Waals surface area contributed by atoms with Gasteiger partial charge in [0.1, 0.15) is 5.75 Å². The number of carbonyl (C=O) groups is 3. The summed E-state index contributed by atoms with van der Waals surface area (Å²) in [5.41, 5.74) is 2.39. The molecule has 1 aliphatic heterocycles. The zero-order valence-corrected chi connectivity index (χ0v) is 17.2. The van der Waals surface area contributed by atoms with Gasteiger partial charge in [0.25, 0.3) is 5.91 Å². The van der Waals surface area contributed by atoms with Crippen LogP contribution in [0, 0.1) is 12.8 Å². The largest absolute Gasteiger partial charge is 0.426 e. The molecule has 1 unspecified atom stereocenters. The number of rotatable bonds is 5. The van der Waals surface area contributed by atoms with E-state index in [9.17, 15) is 14.4 Å². The maximum Gasteiger partial charge on any atom is 0.316 e. The summed E-state index contributed by atoms with van der Waals surface area (Å²) in [5.74, 6) is -0.597. The maximum absolute atomic E-state index is 12.6. The predicted molar refractivity (Wildman–Crippen MR) is 111 cm³/mol. The summed E-state index contributed by atoms with van der Waals surface area (Å²) >= 11 is 0. The molecule has 2 amide bonds. The molecule has 0 aromatic heterocycles. The molecule has 1 fully saturated rings. The first-order chi connectivity index (χ1) is 13.8. The highest BCUT2D eigenvalue weighted by atomic mass is 16.5. The molecule has 152 valence electrons. The van der Waals surface area contributed by atoms with Crippen LogP contribution in [0.2, 0.25) is 0 Å². The normalized spacial score (nSPS) is 16.2. The number of nitrogens with zero attached hydrogens (tertiary/aromatic N) is 2. The fourth-order valence-electron chi connectivity index (χ4n) is 3.33. The number of aryl methyl sites for hydroxylation is 1. The number of esters is 1. The van der Waals surface area contributed by atoms with E-state index in [1.807, 2.05) is 32.9 Å². The summed E-state index contributed by atoms with van der Waals surface area (Å²) in [7, 11) is 1.70. The van der Waals surface area contributed by atoms with Gasteiger partial charge < -0.3 is 14.5 Å². The van der Waals surface area contributed by atoms with Gasteiger partial charge in [0.05, 0.1) is 5.92 Å². The number of anilines is 1. The maximum atomic E-state index is 12.6. The summed E-state index contributed by atoms with van der Waals surface area (Å²) in [4.78, 5) is 40.2. The molecular formula is C23H26N2O4.